The van der Waals surface area contributed by atoms with Crippen LogP contribution in [0.4, 0.5) is 15.8 Å². The topological polar surface area (TPSA) is 49.3 Å². The fraction of sp³-hybridized carbons (Fsp3) is 0.133. The van der Waals surface area contributed by atoms with Gasteiger partial charge < -0.3 is 10.4 Å². The zero-order chi connectivity index (χ0) is 14.0. The molecule has 0 spiro atoms. The van der Waals surface area contributed by atoms with Crippen molar-refractivity contribution in [2.24, 2.45) is 0 Å². The molecule has 0 heterocycles. The van der Waals surface area contributed by atoms with E-state index in [1.54, 1.807) is 31.2 Å². The molecule has 0 aliphatic carbocycles. The number of hydrogen-bond donors (Lipinski definition) is 2. The summed E-state index contributed by atoms with van der Waals surface area (Å²) in [5.41, 5.74) is 3.05. The number of anilines is 2. The van der Waals surface area contributed by atoms with E-state index in [0.29, 0.717) is 11.4 Å². The quantitative estimate of drug-likeness (QED) is 0.879. The van der Waals surface area contributed by atoms with Crippen LogP contribution in [-0.2, 0) is 0 Å². The largest absolute Gasteiger partial charge is 0.478 e. The molecular formula is C15H14FNO2. The van der Waals surface area contributed by atoms with Crippen LogP contribution in [0.2, 0.25) is 0 Å². The SMILES string of the molecule is Cc1ccc(C(=O)O)c(Nc2ccc(F)cc2C)c1. The maximum absolute atomic E-state index is 13.0. The zero-order valence-electron chi connectivity index (χ0n) is 10.7. The fourth-order valence-corrected chi connectivity index (χ4v) is 1.86. The Morgan fingerprint density at radius 3 is 2.47 bits per heavy atom. The number of halogens is 1. The Balaban J connectivity index is 2.42. The molecule has 0 saturated heterocycles. The van der Waals surface area contributed by atoms with Gasteiger partial charge in [0.15, 0.2) is 0 Å². The molecule has 2 rings (SSSR count). The molecule has 19 heavy (non-hydrogen) atoms. The highest BCUT2D eigenvalue weighted by Crippen LogP contribution is 2.25. The number of benzene rings is 2. The summed E-state index contributed by atoms with van der Waals surface area (Å²) >= 11 is 0. The van der Waals surface area contributed by atoms with Gasteiger partial charge >= 0.3 is 5.97 Å². The van der Waals surface area contributed by atoms with Gasteiger partial charge in [0.1, 0.15) is 5.82 Å². The van der Waals surface area contributed by atoms with Gasteiger partial charge in [0.05, 0.1) is 11.3 Å². The lowest BCUT2D eigenvalue weighted by molar-refractivity contribution is 0.0698. The van der Waals surface area contributed by atoms with Crippen molar-refractivity contribution in [1.29, 1.82) is 0 Å². The Kier molecular flexibility index (Phi) is 3.51. The fourth-order valence-electron chi connectivity index (χ4n) is 1.86. The van der Waals surface area contributed by atoms with E-state index in [9.17, 15) is 9.18 Å². The molecule has 0 aliphatic heterocycles. The number of rotatable bonds is 3. The summed E-state index contributed by atoms with van der Waals surface area (Å²) < 4.78 is 13.0. The Morgan fingerprint density at radius 1 is 1.11 bits per heavy atom. The summed E-state index contributed by atoms with van der Waals surface area (Å²) in [6, 6.07) is 9.39. The van der Waals surface area contributed by atoms with Gasteiger partial charge in [-0.05, 0) is 55.3 Å². The van der Waals surface area contributed by atoms with Gasteiger partial charge in [0, 0.05) is 5.69 Å². The van der Waals surface area contributed by atoms with Crippen molar-refractivity contribution >= 4 is 17.3 Å². The predicted molar refractivity (Wildman–Crippen MR) is 72.6 cm³/mol. The first-order valence-corrected chi connectivity index (χ1v) is 5.84. The zero-order valence-corrected chi connectivity index (χ0v) is 10.7. The highest BCUT2D eigenvalue weighted by atomic mass is 19.1. The Bertz CT molecular complexity index is 638. The predicted octanol–water partition coefficient (Wildman–Crippen LogP) is 3.88. The van der Waals surface area contributed by atoms with E-state index in [0.717, 1.165) is 11.1 Å². The van der Waals surface area contributed by atoms with Crippen molar-refractivity contribution in [3.8, 4) is 0 Å². The van der Waals surface area contributed by atoms with Gasteiger partial charge in [-0.3, -0.25) is 0 Å². The monoisotopic (exact) mass is 259 g/mol. The minimum atomic E-state index is -0.998. The highest BCUT2D eigenvalue weighted by molar-refractivity contribution is 5.95. The van der Waals surface area contributed by atoms with Crippen molar-refractivity contribution in [2.75, 3.05) is 5.32 Å². The molecule has 0 saturated carbocycles. The molecule has 0 aliphatic rings. The molecule has 0 atom stereocenters. The second-order valence-electron chi connectivity index (χ2n) is 4.44. The number of nitrogens with one attached hydrogen (secondary N) is 1. The van der Waals surface area contributed by atoms with E-state index >= 15 is 0 Å². The second kappa shape index (κ2) is 5.10. The number of aromatic carboxylic acids is 1. The second-order valence-corrected chi connectivity index (χ2v) is 4.44. The molecule has 98 valence electrons. The molecule has 0 unspecified atom stereocenters. The molecule has 3 nitrogen and oxygen atoms in total. The van der Waals surface area contributed by atoms with Crippen LogP contribution in [0.3, 0.4) is 0 Å². The third-order valence-corrected chi connectivity index (χ3v) is 2.86. The molecule has 0 amide bonds. The number of hydrogen-bond acceptors (Lipinski definition) is 2. The maximum Gasteiger partial charge on any atom is 0.337 e. The van der Waals surface area contributed by atoms with Gasteiger partial charge in [-0.2, -0.15) is 0 Å². The van der Waals surface area contributed by atoms with Crippen LogP contribution in [0.15, 0.2) is 36.4 Å². The van der Waals surface area contributed by atoms with Crippen LogP contribution < -0.4 is 5.32 Å². The first kappa shape index (κ1) is 13.1. The van der Waals surface area contributed by atoms with Gasteiger partial charge in [0.2, 0.25) is 0 Å². The molecule has 2 aromatic rings. The van der Waals surface area contributed by atoms with Crippen molar-refractivity contribution in [1.82, 2.24) is 0 Å². The smallest absolute Gasteiger partial charge is 0.337 e. The third kappa shape index (κ3) is 2.91. The van der Waals surface area contributed by atoms with Crippen molar-refractivity contribution in [3.05, 3.63) is 58.9 Å². The normalized spacial score (nSPS) is 10.3. The number of carbonyl (C=O) groups is 1. The third-order valence-electron chi connectivity index (χ3n) is 2.86. The van der Waals surface area contributed by atoms with Gasteiger partial charge in [0.25, 0.3) is 0 Å². The molecule has 0 fully saturated rings. The van der Waals surface area contributed by atoms with E-state index < -0.39 is 5.97 Å². The van der Waals surface area contributed by atoms with E-state index in [4.69, 9.17) is 5.11 Å². The van der Waals surface area contributed by atoms with Crippen LogP contribution in [0.25, 0.3) is 0 Å². The highest BCUT2D eigenvalue weighted by Gasteiger charge is 2.11. The van der Waals surface area contributed by atoms with Crippen molar-refractivity contribution < 1.29 is 14.3 Å². The minimum Gasteiger partial charge on any atom is -0.478 e. The molecule has 0 radical (unpaired) electrons. The van der Waals surface area contributed by atoms with Crippen LogP contribution in [-0.4, -0.2) is 11.1 Å². The minimum absolute atomic E-state index is 0.189. The first-order chi connectivity index (χ1) is 8.97. The van der Waals surface area contributed by atoms with Crippen LogP contribution >= 0.6 is 0 Å². The number of aryl methyl sites for hydroxylation is 2. The van der Waals surface area contributed by atoms with Gasteiger partial charge in [-0.1, -0.05) is 6.07 Å². The van der Waals surface area contributed by atoms with Crippen LogP contribution in [0.5, 0.6) is 0 Å². The lowest BCUT2D eigenvalue weighted by Gasteiger charge is -2.12. The summed E-state index contributed by atoms with van der Waals surface area (Å²) in [5.74, 6) is -1.31. The molecule has 4 heteroatoms. The van der Waals surface area contributed by atoms with E-state index in [1.807, 2.05) is 6.92 Å². The maximum atomic E-state index is 13.0. The van der Waals surface area contributed by atoms with Crippen LogP contribution in [0.1, 0.15) is 21.5 Å². The van der Waals surface area contributed by atoms with E-state index in [-0.39, 0.29) is 11.4 Å². The average Bonchev–Trinajstić information content (AvgIpc) is 2.32. The summed E-state index contributed by atoms with van der Waals surface area (Å²) in [5, 5.41) is 12.2. The molecular weight excluding hydrogens is 245 g/mol. The summed E-state index contributed by atoms with van der Waals surface area (Å²) in [4.78, 5) is 11.2. The van der Waals surface area contributed by atoms with Crippen LogP contribution in [0, 0.1) is 19.7 Å². The molecule has 2 N–H and O–H groups in total. The lowest BCUT2D eigenvalue weighted by Crippen LogP contribution is -2.04. The first-order valence-electron chi connectivity index (χ1n) is 5.84. The molecule has 0 aromatic heterocycles. The summed E-state index contributed by atoms with van der Waals surface area (Å²) in [6.45, 7) is 3.65. The van der Waals surface area contributed by atoms with Gasteiger partial charge in [-0.25, -0.2) is 9.18 Å². The van der Waals surface area contributed by atoms with Crippen molar-refractivity contribution in [2.45, 2.75) is 13.8 Å². The van der Waals surface area contributed by atoms with E-state index in [2.05, 4.69) is 5.32 Å². The van der Waals surface area contributed by atoms with E-state index in [1.165, 1.54) is 12.1 Å². The average molecular weight is 259 g/mol. The summed E-state index contributed by atoms with van der Waals surface area (Å²) in [7, 11) is 0. The molecule has 0 bridgehead atoms. The Morgan fingerprint density at radius 2 is 1.84 bits per heavy atom. The number of carboxylic acids is 1. The van der Waals surface area contributed by atoms with Crippen molar-refractivity contribution in [3.63, 3.8) is 0 Å². The summed E-state index contributed by atoms with van der Waals surface area (Å²) in [6.07, 6.45) is 0. The Hall–Kier alpha value is -2.36. The Labute approximate surface area is 110 Å². The lowest BCUT2D eigenvalue weighted by atomic mass is 10.1. The number of carboxylic acid groups (broad SMARTS) is 1. The van der Waals surface area contributed by atoms with Gasteiger partial charge in [-0.15, -0.1) is 0 Å². The molecule has 2 aromatic carbocycles. The standard InChI is InChI=1S/C15H14FNO2/c1-9-3-5-12(15(18)19)14(7-9)17-13-6-4-11(16)8-10(13)2/h3-8,17H,1-2H3,(H,18,19).